The van der Waals surface area contributed by atoms with E-state index >= 15 is 0 Å². The number of aromatic nitrogens is 1. The average molecular weight is 316 g/mol. The molecule has 1 aromatic carbocycles. The van der Waals surface area contributed by atoms with Gasteiger partial charge in [0.05, 0.1) is 18.4 Å². The molecule has 2 aromatic rings. The van der Waals surface area contributed by atoms with E-state index < -0.39 is 17.7 Å². The van der Waals surface area contributed by atoms with Crippen molar-refractivity contribution in [3.8, 4) is 0 Å². The fourth-order valence-electron chi connectivity index (χ4n) is 1.49. The minimum Gasteiger partial charge on any atom is -0.462 e. The van der Waals surface area contributed by atoms with Gasteiger partial charge >= 0.3 is 12.1 Å². The Morgan fingerprint density at radius 1 is 1.33 bits per heavy atom. The van der Waals surface area contributed by atoms with Gasteiger partial charge in [-0.05, 0) is 31.2 Å². The van der Waals surface area contributed by atoms with Crippen LogP contribution in [0, 0.1) is 0 Å². The third kappa shape index (κ3) is 3.94. The van der Waals surface area contributed by atoms with Crippen LogP contribution < -0.4 is 5.32 Å². The van der Waals surface area contributed by atoms with Crippen molar-refractivity contribution >= 4 is 28.1 Å². The molecule has 0 bridgehead atoms. The number of benzene rings is 1. The normalized spacial score (nSPS) is 11.2. The Balaban J connectivity index is 2.07. The maximum atomic E-state index is 12.4. The van der Waals surface area contributed by atoms with E-state index in [9.17, 15) is 18.0 Å². The summed E-state index contributed by atoms with van der Waals surface area (Å²) < 4.78 is 42.1. The molecule has 4 nitrogen and oxygen atoms in total. The number of halogens is 3. The largest absolute Gasteiger partial charge is 0.462 e. The fraction of sp³-hybridized carbons (Fsp3) is 0.231. The van der Waals surface area contributed by atoms with E-state index in [-0.39, 0.29) is 6.61 Å². The summed E-state index contributed by atoms with van der Waals surface area (Å²) in [6, 6.07) is 4.55. The van der Waals surface area contributed by atoms with Gasteiger partial charge < -0.3 is 10.1 Å². The van der Waals surface area contributed by atoms with Crippen molar-refractivity contribution in [1.82, 2.24) is 4.98 Å². The molecule has 0 spiro atoms. The maximum absolute atomic E-state index is 12.4. The Hall–Kier alpha value is -2.09. The van der Waals surface area contributed by atoms with Crippen LogP contribution in [0.25, 0.3) is 0 Å². The molecule has 0 aliphatic rings. The number of nitrogens with zero attached hydrogens (tertiary/aromatic N) is 1. The quantitative estimate of drug-likeness (QED) is 0.864. The van der Waals surface area contributed by atoms with E-state index in [4.69, 9.17) is 4.74 Å². The molecular weight excluding hydrogens is 305 g/mol. The predicted molar refractivity (Wildman–Crippen MR) is 72.8 cm³/mol. The highest BCUT2D eigenvalue weighted by molar-refractivity contribution is 7.17. The molecule has 0 saturated heterocycles. The van der Waals surface area contributed by atoms with Gasteiger partial charge in [-0.15, -0.1) is 0 Å². The van der Waals surface area contributed by atoms with Crippen molar-refractivity contribution in [2.24, 2.45) is 0 Å². The summed E-state index contributed by atoms with van der Waals surface area (Å²) in [6.07, 6.45) is -3.01. The van der Waals surface area contributed by atoms with Crippen molar-refractivity contribution in [1.29, 1.82) is 0 Å². The topological polar surface area (TPSA) is 51.2 Å². The number of nitrogens with one attached hydrogen (secondary N) is 1. The molecule has 0 fully saturated rings. The number of alkyl halides is 3. The van der Waals surface area contributed by atoms with Crippen LogP contribution >= 0.6 is 11.3 Å². The standard InChI is InChI=1S/C13H11F3N2O2S/c1-2-20-11(19)10-7-17-12(21-10)18-9-5-3-8(4-6-9)13(14,15)16/h3-7H,2H2,1H3,(H,17,18). The number of thiazole rings is 1. The molecule has 0 amide bonds. The molecule has 112 valence electrons. The molecule has 0 aliphatic carbocycles. The van der Waals surface area contributed by atoms with Crippen molar-refractivity contribution in [3.63, 3.8) is 0 Å². The Kier molecular flexibility index (Phi) is 4.46. The fourth-order valence-corrected chi connectivity index (χ4v) is 2.22. The summed E-state index contributed by atoms with van der Waals surface area (Å²) in [5, 5.41) is 3.23. The molecule has 0 aliphatic heterocycles. The first-order valence-corrected chi connectivity index (χ1v) is 6.79. The smallest absolute Gasteiger partial charge is 0.416 e. The Morgan fingerprint density at radius 2 is 2.00 bits per heavy atom. The third-order valence-corrected chi connectivity index (χ3v) is 3.34. The van der Waals surface area contributed by atoms with Gasteiger partial charge in [0.25, 0.3) is 0 Å². The van der Waals surface area contributed by atoms with Gasteiger partial charge in [-0.2, -0.15) is 13.2 Å². The average Bonchev–Trinajstić information content (AvgIpc) is 2.87. The van der Waals surface area contributed by atoms with Gasteiger partial charge in [-0.25, -0.2) is 9.78 Å². The monoisotopic (exact) mass is 316 g/mol. The Labute approximate surface area is 122 Å². The first-order valence-electron chi connectivity index (χ1n) is 5.97. The zero-order valence-electron chi connectivity index (χ0n) is 10.9. The molecule has 1 N–H and O–H groups in total. The van der Waals surface area contributed by atoms with Crippen LogP contribution in [-0.4, -0.2) is 17.6 Å². The second kappa shape index (κ2) is 6.13. The summed E-state index contributed by atoms with van der Waals surface area (Å²) in [5.41, 5.74) is -0.271. The molecule has 8 heteroatoms. The van der Waals surface area contributed by atoms with Crippen LogP contribution in [0.4, 0.5) is 24.0 Å². The van der Waals surface area contributed by atoms with E-state index in [1.54, 1.807) is 6.92 Å². The van der Waals surface area contributed by atoms with Gasteiger partial charge in [-0.3, -0.25) is 0 Å². The van der Waals surface area contributed by atoms with E-state index in [0.717, 1.165) is 23.5 Å². The molecule has 21 heavy (non-hydrogen) atoms. The highest BCUT2D eigenvalue weighted by Gasteiger charge is 2.29. The van der Waals surface area contributed by atoms with Gasteiger partial charge in [0.1, 0.15) is 4.88 Å². The maximum Gasteiger partial charge on any atom is 0.416 e. The van der Waals surface area contributed by atoms with Crippen LogP contribution in [0.2, 0.25) is 0 Å². The number of rotatable bonds is 4. The van der Waals surface area contributed by atoms with Crippen LogP contribution in [0.3, 0.4) is 0 Å². The second-order valence-corrected chi connectivity index (χ2v) is 4.98. The predicted octanol–water partition coefficient (Wildman–Crippen LogP) is 4.08. The zero-order chi connectivity index (χ0) is 15.5. The highest BCUT2D eigenvalue weighted by atomic mass is 32.1. The number of hydrogen-bond donors (Lipinski definition) is 1. The molecule has 1 heterocycles. The minimum atomic E-state index is -4.36. The summed E-state index contributed by atoms with van der Waals surface area (Å²) in [4.78, 5) is 15.8. The van der Waals surface area contributed by atoms with Crippen LogP contribution in [0.1, 0.15) is 22.2 Å². The summed E-state index contributed by atoms with van der Waals surface area (Å²) >= 11 is 1.07. The first kappa shape index (κ1) is 15.3. The number of carbonyl (C=O) groups excluding carboxylic acids is 1. The minimum absolute atomic E-state index is 0.262. The van der Waals surface area contributed by atoms with Crippen molar-refractivity contribution < 1.29 is 22.7 Å². The number of carbonyl (C=O) groups is 1. The number of anilines is 2. The van der Waals surface area contributed by atoms with Gasteiger partial charge in [0, 0.05) is 5.69 Å². The lowest BCUT2D eigenvalue weighted by Crippen LogP contribution is -2.04. The lowest BCUT2D eigenvalue weighted by Gasteiger charge is -2.07. The first-order chi connectivity index (χ1) is 9.90. The van der Waals surface area contributed by atoms with Crippen molar-refractivity contribution in [2.75, 3.05) is 11.9 Å². The number of esters is 1. The molecule has 0 radical (unpaired) electrons. The summed E-state index contributed by atoms with van der Waals surface area (Å²) in [5.74, 6) is -0.476. The molecule has 1 aromatic heterocycles. The van der Waals surface area contributed by atoms with E-state index in [2.05, 4.69) is 10.3 Å². The highest BCUT2D eigenvalue weighted by Crippen LogP contribution is 2.30. The SMILES string of the molecule is CCOC(=O)c1cnc(Nc2ccc(C(F)(F)F)cc2)s1. The van der Waals surface area contributed by atoms with Crippen molar-refractivity contribution in [2.45, 2.75) is 13.1 Å². The lowest BCUT2D eigenvalue weighted by molar-refractivity contribution is -0.137. The number of ether oxygens (including phenoxy) is 1. The molecular formula is C13H11F3N2O2S. The van der Waals surface area contributed by atoms with Gasteiger partial charge in [0.2, 0.25) is 0 Å². The van der Waals surface area contributed by atoms with Gasteiger partial charge in [-0.1, -0.05) is 11.3 Å². The Bertz CT molecular complexity index is 623. The molecule has 0 atom stereocenters. The molecule has 2 rings (SSSR count). The number of hydrogen-bond acceptors (Lipinski definition) is 5. The van der Waals surface area contributed by atoms with Crippen LogP contribution in [-0.2, 0) is 10.9 Å². The summed E-state index contributed by atoms with van der Waals surface area (Å²) in [7, 11) is 0. The third-order valence-electron chi connectivity index (χ3n) is 2.45. The van der Waals surface area contributed by atoms with E-state index in [1.807, 2.05) is 0 Å². The lowest BCUT2D eigenvalue weighted by atomic mass is 10.2. The molecule has 0 unspecified atom stereocenters. The van der Waals surface area contributed by atoms with E-state index in [0.29, 0.717) is 15.7 Å². The van der Waals surface area contributed by atoms with E-state index in [1.165, 1.54) is 18.3 Å². The van der Waals surface area contributed by atoms with Crippen LogP contribution in [0.5, 0.6) is 0 Å². The Morgan fingerprint density at radius 3 is 2.57 bits per heavy atom. The van der Waals surface area contributed by atoms with Crippen LogP contribution in [0.15, 0.2) is 30.5 Å². The van der Waals surface area contributed by atoms with Crippen molar-refractivity contribution in [3.05, 3.63) is 40.9 Å². The van der Waals surface area contributed by atoms with Gasteiger partial charge in [0.15, 0.2) is 5.13 Å². The summed E-state index contributed by atoms with van der Waals surface area (Å²) in [6.45, 7) is 1.96. The molecule has 0 saturated carbocycles. The zero-order valence-corrected chi connectivity index (χ0v) is 11.7. The second-order valence-electron chi connectivity index (χ2n) is 3.95.